The number of aliphatic hydroxyl groups is 1. The maximum Gasteiger partial charge on any atom is 0.127 e. The molecule has 0 bridgehead atoms. The number of nitrogens with zero attached hydrogens (tertiary/aromatic N) is 5. The third-order valence-electron chi connectivity index (χ3n) is 4.13. The minimum Gasteiger partial charge on any atom is -0.387 e. The van der Waals surface area contributed by atoms with Crippen LogP contribution < -0.4 is 0 Å². The molecular formula is C16H18FN5O. The first-order valence-electron chi connectivity index (χ1n) is 7.55. The van der Waals surface area contributed by atoms with Crippen molar-refractivity contribution in [2.75, 3.05) is 13.1 Å². The fraction of sp³-hybridized carbons (Fsp3) is 0.438. The molecule has 1 saturated heterocycles. The van der Waals surface area contributed by atoms with Crippen LogP contribution in [0.25, 0.3) is 0 Å². The third-order valence-corrected chi connectivity index (χ3v) is 4.13. The van der Waals surface area contributed by atoms with E-state index < -0.39 is 5.60 Å². The summed E-state index contributed by atoms with van der Waals surface area (Å²) in [6.07, 6.45) is 4.79. The Bertz CT molecular complexity index is 712. The van der Waals surface area contributed by atoms with Crippen LogP contribution in [0.5, 0.6) is 0 Å². The van der Waals surface area contributed by atoms with E-state index in [1.54, 1.807) is 23.1 Å². The molecule has 0 spiro atoms. The zero-order valence-corrected chi connectivity index (χ0v) is 12.7. The van der Waals surface area contributed by atoms with Crippen LogP contribution in [0.15, 0.2) is 30.6 Å². The summed E-state index contributed by atoms with van der Waals surface area (Å²) in [4.78, 5) is 2.01. The van der Waals surface area contributed by atoms with Gasteiger partial charge in [-0.2, -0.15) is 5.26 Å². The van der Waals surface area contributed by atoms with Crippen LogP contribution in [-0.2, 0) is 13.1 Å². The number of likely N-dealkylation sites (tertiary alicyclic amines) is 1. The molecule has 1 aliphatic rings. The lowest BCUT2D eigenvalue weighted by Crippen LogP contribution is -2.50. The van der Waals surface area contributed by atoms with E-state index >= 15 is 0 Å². The zero-order valence-electron chi connectivity index (χ0n) is 12.7. The molecule has 1 fully saturated rings. The molecule has 6 nitrogen and oxygen atoms in total. The van der Waals surface area contributed by atoms with Gasteiger partial charge in [0.1, 0.15) is 5.82 Å². The van der Waals surface area contributed by atoms with Gasteiger partial charge in [-0.1, -0.05) is 5.21 Å². The Kier molecular flexibility index (Phi) is 4.37. The molecule has 2 aromatic rings. The number of piperidine rings is 1. The molecular weight excluding hydrogens is 297 g/mol. The molecule has 3 rings (SSSR count). The average Bonchev–Trinajstić information content (AvgIpc) is 3.02. The molecule has 23 heavy (non-hydrogen) atoms. The number of halogens is 1. The molecule has 120 valence electrons. The lowest BCUT2D eigenvalue weighted by atomic mass is 9.92. The van der Waals surface area contributed by atoms with E-state index in [1.807, 2.05) is 11.0 Å². The SMILES string of the molecule is N#Cc1ccc(F)c(CN2CCCC(O)(Cn3ccnn3)C2)c1. The topological polar surface area (TPSA) is 78.0 Å². The zero-order chi connectivity index (χ0) is 16.3. The van der Waals surface area contributed by atoms with Crippen LogP contribution in [0, 0.1) is 17.1 Å². The number of nitriles is 1. The molecule has 1 N–H and O–H groups in total. The van der Waals surface area contributed by atoms with E-state index in [-0.39, 0.29) is 5.82 Å². The van der Waals surface area contributed by atoms with E-state index in [1.165, 1.54) is 12.1 Å². The van der Waals surface area contributed by atoms with Crippen molar-refractivity contribution in [3.63, 3.8) is 0 Å². The van der Waals surface area contributed by atoms with E-state index in [9.17, 15) is 9.50 Å². The summed E-state index contributed by atoms with van der Waals surface area (Å²) in [6.45, 7) is 1.96. The number of aromatic nitrogens is 3. The number of hydrogen-bond acceptors (Lipinski definition) is 5. The highest BCUT2D eigenvalue weighted by molar-refractivity contribution is 5.33. The van der Waals surface area contributed by atoms with E-state index in [4.69, 9.17) is 5.26 Å². The first-order chi connectivity index (χ1) is 11.1. The maximum atomic E-state index is 13.9. The van der Waals surface area contributed by atoms with Crippen molar-refractivity contribution >= 4 is 0 Å². The first-order valence-corrected chi connectivity index (χ1v) is 7.55. The fourth-order valence-electron chi connectivity index (χ4n) is 3.10. The molecule has 1 atom stereocenters. The Hall–Kier alpha value is -2.30. The lowest BCUT2D eigenvalue weighted by Gasteiger charge is -2.39. The molecule has 1 aromatic carbocycles. The predicted octanol–water partition coefficient (Wildman–Crippen LogP) is 1.32. The predicted molar refractivity (Wildman–Crippen MR) is 80.6 cm³/mol. The van der Waals surface area contributed by atoms with Gasteiger partial charge in [0.2, 0.25) is 0 Å². The van der Waals surface area contributed by atoms with E-state index in [0.717, 1.165) is 13.0 Å². The molecule has 1 unspecified atom stereocenters. The summed E-state index contributed by atoms with van der Waals surface area (Å²) in [6, 6.07) is 6.38. The minimum atomic E-state index is -0.907. The van der Waals surface area contributed by atoms with Crippen LogP contribution in [0.4, 0.5) is 4.39 Å². The second kappa shape index (κ2) is 6.44. The highest BCUT2D eigenvalue weighted by Gasteiger charge is 2.34. The molecule has 0 radical (unpaired) electrons. The van der Waals surface area contributed by atoms with Gasteiger partial charge in [-0.15, -0.1) is 5.10 Å². The average molecular weight is 315 g/mol. The van der Waals surface area contributed by atoms with Gasteiger partial charge >= 0.3 is 0 Å². The quantitative estimate of drug-likeness (QED) is 0.920. The Labute approximate surface area is 133 Å². The van der Waals surface area contributed by atoms with Gasteiger partial charge in [0.25, 0.3) is 0 Å². The molecule has 0 amide bonds. The Morgan fingerprint density at radius 2 is 2.30 bits per heavy atom. The first kappa shape index (κ1) is 15.6. The molecule has 1 aliphatic heterocycles. The maximum absolute atomic E-state index is 13.9. The van der Waals surface area contributed by atoms with Gasteiger partial charge in [0.05, 0.1) is 30.0 Å². The summed E-state index contributed by atoms with van der Waals surface area (Å²) < 4.78 is 15.5. The highest BCUT2D eigenvalue weighted by Crippen LogP contribution is 2.25. The minimum absolute atomic E-state index is 0.325. The Morgan fingerprint density at radius 1 is 1.43 bits per heavy atom. The summed E-state index contributed by atoms with van der Waals surface area (Å²) in [5.74, 6) is -0.325. The molecule has 7 heteroatoms. The molecule has 2 heterocycles. The fourth-order valence-corrected chi connectivity index (χ4v) is 3.10. The van der Waals surface area contributed by atoms with Crippen molar-refractivity contribution in [1.82, 2.24) is 19.9 Å². The second-order valence-electron chi connectivity index (χ2n) is 6.06. The van der Waals surface area contributed by atoms with Gasteiger partial charge in [-0.05, 0) is 37.6 Å². The van der Waals surface area contributed by atoms with Crippen molar-refractivity contribution in [1.29, 1.82) is 5.26 Å². The molecule has 1 aromatic heterocycles. The van der Waals surface area contributed by atoms with E-state index in [0.29, 0.717) is 37.2 Å². The van der Waals surface area contributed by atoms with Crippen molar-refractivity contribution in [3.8, 4) is 6.07 Å². The summed E-state index contributed by atoms with van der Waals surface area (Å²) in [5.41, 5.74) is 0.0141. The highest BCUT2D eigenvalue weighted by atomic mass is 19.1. The van der Waals surface area contributed by atoms with E-state index in [2.05, 4.69) is 10.3 Å². The summed E-state index contributed by atoms with van der Waals surface area (Å²) >= 11 is 0. The Balaban J connectivity index is 1.70. The summed E-state index contributed by atoms with van der Waals surface area (Å²) in [5, 5.41) is 27.4. The normalized spacial score (nSPS) is 22.0. The molecule has 0 aliphatic carbocycles. The van der Waals surface area contributed by atoms with Crippen molar-refractivity contribution in [3.05, 3.63) is 47.5 Å². The standard InChI is InChI=1S/C16H18FN5O/c17-15-3-2-13(9-18)8-14(15)10-21-6-1-4-16(23,11-21)12-22-7-5-19-20-22/h2-3,5,7-8,23H,1,4,6,10-12H2. The van der Waals surface area contributed by atoms with Gasteiger partial charge in [0, 0.05) is 24.8 Å². The van der Waals surface area contributed by atoms with Crippen LogP contribution >= 0.6 is 0 Å². The number of benzene rings is 1. The third kappa shape index (κ3) is 3.73. The monoisotopic (exact) mass is 315 g/mol. The molecule has 0 saturated carbocycles. The van der Waals surface area contributed by atoms with Crippen LogP contribution in [0.1, 0.15) is 24.0 Å². The number of rotatable bonds is 4. The summed E-state index contributed by atoms with van der Waals surface area (Å²) in [7, 11) is 0. The Morgan fingerprint density at radius 3 is 3.04 bits per heavy atom. The van der Waals surface area contributed by atoms with Gasteiger partial charge in [-0.25, -0.2) is 9.07 Å². The van der Waals surface area contributed by atoms with Crippen molar-refractivity contribution < 1.29 is 9.50 Å². The van der Waals surface area contributed by atoms with Crippen LogP contribution in [0.3, 0.4) is 0 Å². The van der Waals surface area contributed by atoms with Crippen molar-refractivity contribution in [2.45, 2.75) is 31.5 Å². The largest absolute Gasteiger partial charge is 0.387 e. The van der Waals surface area contributed by atoms with Crippen LogP contribution in [-0.4, -0.2) is 43.7 Å². The lowest BCUT2D eigenvalue weighted by molar-refractivity contribution is -0.0480. The van der Waals surface area contributed by atoms with Gasteiger partial charge < -0.3 is 5.11 Å². The van der Waals surface area contributed by atoms with Gasteiger partial charge in [-0.3, -0.25) is 4.90 Å². The number of hydrogen-bond donors (Lipinski definition) is 1. The second-order valence-corrected chi connectivity index (χ2v) is 6.06. The van der Waals surface area contributed by atoms with Gasteiger partial charge in [0.15, 0.2) is 0 Å². The van der Waals surface area contributed by atoms with Crippen molar-refractivity contribution in [2.24, 2.45) is 0 Å². The number of β-amino-alcohol motifs (C(OH)–C–C–N with tert-alkyl or cyclic N) is 1. The van der Waals surface area contributed by atoms with Crippen LogP contribution in [0.2, 0.25) is 0 Å². The smallest absolute Gasteiger partial charge is 0.127 e.